The molecule has 1 aliphatic rings. The van der Waals surface area contributed by atoms with Crippen LogP contribution in [0.1, 0.15) is 18.0 Å². The minimum atomic E-state index is -3.91. The van der Waals surface area contributed by atoms with Crippen LogP contribution in [0.5, 0.6) is 5.75 Å². The molecule has 6 nitrogen and oxygen atoms in total. The smallest absolute Gasteiger partial charge is 0.242 e. The summed E-state index contributed by atoms with van der Waals surface area (Å²) in [6.07, 6.45) is 0.469. The quantitative estimate of drug-likeness (QED) is 0.355. The molecule has 1 atom stereocenters. The molecule has 0 bridgehead atoms. The summed E-state index contributed by atoms with van der Waals surface area (Å²) in [5.74, 6) is 0.727. The third-order valence-corrected chi connectivity index (χ3v) is 7.94. The maximum absolute atomic E-state index is 12.9. The lowest BCUT2D eigenvalue weighted by molar-refractivity contribution is 0.414. The predicted octanol–water partition coefficient (Wildman–Crippen LogP) is 6.59. The number of rotatable bonds is 7. The molecule has 0 saturated heterocycles. The lowest BCUT2D eigenvalue weighted by Crippen LogP contribution is -2.29. The van der Waals surface area contributed by atoms with Crippen LogP contribution in [0.2, 0.25) is 20.1 Å². The van der Waals surface area contributed by atoms with Crippen LogP contribution in [0.4, 0.5) is 5.69 Å². The van der Waals surface area contributed by atoms with Gasteiger partial charge < -0.3 is 4.74 Å². The molecule has 0 saturated carbocycles. The monoisotopic (exact) mass is 557 g/mol. The number of ether oxygens (including phenoxy) is 1. The fourth-order valence-electron chi connectivity index (χ4n) is 3.59. The highest BCUT2D eigenvalue weighted by molar-refractivity contribution is 7.89. The maximum Gasteiger partial charge on any atom is 0.242 e. The molecule has 4 rings (SSSR count). The Labute approximate surface area is 218 Å². The van der Waals surface area contributed by atoms with Crippen molar-refractivity contribution >= 4 is 67.8 Å². The van der Waals surface area contributed by atoms with E-state index in [2.05, 4.69) is 4.72 Å². The summed E-state index contributed by atoms with van der Waals surface area (Å²) in [5.41, 5.74) is 2.24. The molecule has 178 valence electrons. The number of sulfonamides is 1. The highest BCUT2D eigenvalue weighted by Crippen LogP contribution is 2.40. The van der Waals surface area contributed by atoms with E-state index in [0.29, 0.717) is 27.9 Å². The largest absolute Gasteiger partial charge is 0.497 e. The van der Waals surface area contributed by atoms with E-state index in [1.54, 1.807) is 30.3 Å². The zero-order valence-electron chi connectivity index (χ0n) is 17.8. The van der Waals surface area contributed by atoms with E-state index in [-0.39, 0.29) is 27.5 Å². The molecule has 3 aromatic rings. The van der Waals surface area contributed by atoms with E-state index >= 15 is 0 Å². The summed E-state index contributed by atoms with van der Waals surface area (Å²) in [5, 5.41) is 7.75. The minimum Gasteiger partial charge on any atom is -0.497 e. The molecule has 0 amide bonds. The Morgan fingerprint density at radius 2 is 1.65 bits per heavy atom. The van der Waals surface area contributed by atoms with Gasteiger partial charge in [-0.2, -0.15) is 5.10 Å². The average Bonchev–Trinajstić information content (AvgIpc) is 3.23. The van der Waals surface area contributed by atoms with Crippen LogP contribution in [-0.2, 0) is 10.0 Å². The highest BCUT2D eigenvalue weighted by atomic mass is 35.5. The van der Waals surface area contributed by atoms with E-state index < -0.39 is 10.0 Å². The molecule has 0 spiro atoms. The summed E-state index contributed by atoms with van der Waals surface area (Å²) >= 11 is 24.6. The second-order valence-corrected chi connectivity index (χ2v) is 10.9. The van der Waals surface area contributed by atoms with Gasteiger partial charge in [0.15, 0.2) is 0 Å². The first kappa shape index (κ1) is 25.1. The molecule has 1 aliphatic heterocycles. The van der Waals surface area contributed by atoms with Crippen LogP contribution < -0.4 is 14.5 Å². The summed E-state index contributed by atoms with van der Waals surface area (Å²) in [7, 11) is -2.31. The van der Waals surface area contributed by atoms with Crippen LogP contribution in [0.3, 0.4) is 0 Å². The Morgan fingerprint density at radius 1 is 0.971 bits per heavy atom. The third kappa shape index (κ3) is 5.46. The molecule has 0 aromatic heterocycles. The van der Waals surface area contributed by atoms with Crippen molar-refractivity contribution in [3.8, 4) is 5.75 Å². The lowest BCUT2D eigenvalue weighted by Gasteiger charge is -2.25. The van der Waals surface area contributed by atoms with Gasteiger partial charge in [0.25, 0.3) is 0 Å². The minimum absolute atomic E-state index is 0.0143. The third-order valence-electron chi connectivity index (χ3n) is 5.28. The van der Waals surface area contributed by atoms with Crippen LogP contribution in [0, 0.1) is 0 Å². The van der Waals surface area contributed by atoms with E-state index in [0.717, 1.165) is 11.3 Å². The SMILES string of the molecule is COc1ccc(C2CC(CNS(=O)(=O)c3cc(Cl)ccc3Cl)=NN2c2ccc(Cl)cc2Cl)cc1. The molecule has 0 radical (unpaired) electrons. The van der Waals surface area contributed by atoms with Gasteiger partial charge in [-0.1, -0.05) is 58.5 Å². The molecule has 0 aliphatic carbocycles. The van der Waals surface area contributed by atoms with E-state index in [9.17, 15) is 8.42 Å². The molecule has 0 fully saturated rings. The maximum atomic E-state index is 12.9. The molecule has 1 heterocycles. The van der Waals surface area contributed by atoms with Gasteiger partial charge >= 0.3 is 0 Å². The second kappa shape index (κ2) is 10.3. The fraction of sp³-hybridized carbons (Fsp3) is 0.174. The summed E-state index contributed by atoms with van der Waals surface area (Å²) in [6.45, 7) is -0.0143. The van der Waals surface area contributed by atoms with Crippen molar-refractivity contribution in [1.29, 1.82) is 0 Å². The number of nitrogens with one attached hydrogen (secondary N) is 1. The van der Waals surface area contributed by atoms with Crippen molar-refractivity contribution < 1.29 is 13.2 Å². The summed E-state index contributed by atoms with van der Waals surface area (Å²) in [6, 6.07) is 16.8. The van der Waals surface area contributed by atoms with Gasteiger partial charge in [0.1, 0.15) is 10.6 Å². The molecular weight excluding hydrogens is 540 g/mol. The van der Waals surface area contributed by atoms with E-state index in [1.807, 2.05) is 24.3 Å². The van der Waals surface area contributed by atoms with Gasteiger partial charge in [-0.15, -0.1) is 0 Å². The zero-order valence-corrected chi connectivity index (χ0v) is 21.6. The first-order chi connectivity index (χ1) is 16.2. The standard InChI is InChI=1S/C23H19Cl4N3O3S/c1-33-18-6-2-14(3-7-18)22-12-17(29-30(22)21-9-5-15(24)10-20(21)27)13-28-34(31,32)23-11-16(25)4-8-19(23)26/h2-11,22,28H,12-13H2,1H3. The summed E-state index contributed by atoms with van der Waals surface area (Å²) in [4.78, 5) is -0.0930. The number of hydrogen-bond acceptors (Lipinski definition) is 5. The van der Waals surface area contributed by atoms with Crippen LogP contribution >= 0.6 is 46.4 Å². The van der Waals surface area contributed by atoms with Crippen molar-refractivity contribution in [3.63, 3.8) is 0 Å². The lowest BCUT2D eigenvalue weighted by atomic mass is 10.0. The Hall–Kier alpha value is -2.00. The van der Waals surface area contributed by atoms with Crippen LogP contribution in [-0.4, -0.2) is 27.8 Å². The predicted molar refractivity (Wildman–Crippen MR) is 138 cm³/mol. The number of methoxy groups -OCH3 is 1. The van der Waals surface area contributed by atoms with Crippen molar-refractivity contribution in [1.82, 2.24) is 4.72 Å². The average molecular weight is 559 g/mol. The summed E-state index contributed by atoms with van der Waals surface area (Å²) < 4.78 is 33.5. The van der Waals surface area contributed by atoms with Gasteiger partial charge in [-0.05, 0) is 54.1 Å². The fourth-order valence-corrected chi connectivity index (χ4v) is 5.87. The van der Waals surface area contributed by atoms with Gasteiger partial charge in [0, 0.05) is 16.5 Å². The van der Waals surface area contributed by atoms with Crippen molar-refractivity contribution in [3.05, 3.63) is 86.3 Å². The molecule has 3 aromatic carbocycles. The van der Waals surface area contributed by atoms with Crippen LogP contribution in [0.25, 0.3) is 0 Å². The topological polar surface area (TPSA) is 71.0 Å². The van der Waals surface area contributed by atoms with Crippen molar-refractivity contribution in [2.75, 3.05) is 18.7 Å². The van der Waals surface area contributed by atoms with E-state index in [4.69, 9.17) is 56.2 Å². The number of anilines is 1. The molecule has 1 unspecified atom stereocenters. The van der Waals surface area contributed by atoms with Crippen molar-refractivity contribution in [2.24, 2.45) is 5.10 Å². The molecule has 34 heavy (non-hydrogen) atoms. The number of nitrogens with zero attached hydrogens (tertiary/aromatic N) is 2. The second-order valence-electron chi connectivity index (χ2n) is 7.50. The van der Waals surface area contributed by atoms with Gasteiger partial charge in [-0.3, -0.25) is 5.01 Å². The molecular formula is C23H19Cl4N3O3S. The number of benzene rings is 3. The Morgan fingerprint density at radius 3 is 2.32 bits per heavy atom. The Balaban J connectivity index is 1.62. The first-order valence-corrected chi connectivity index (χ1v) is 13.1. The van der Waals surface area contributed by atoms with E-state index in [1.165, 1.54) is 18.2 Å². The number of halogens is 4. The zero-order chi connectivity index (χ0) is 24.5. The Bertz CT molecular complexity index is 1350. The van der Waals surface area contributed by atoms with Crippen molar-refractivity contribution in [2.45, 2.75) is 17.4 Å². The van der Waals surface area contributed by atoms with Gasteiger partial charge in [-0.25, -0.2) is 13.1 Å². The van der Waals surface area contributed by atoms with Gasteiger partial charge in [0.05, 0.1) is 41.1 Å². The first-order valence-electron chi connectivity index (χ1n) is 10.1. The van der Waals surface area contributed by atoms with Crippen LogP contribution in [0.15, 0.2) is 70.7 Å². The van der Waals surface area contributed by atoms with Gasteiger partial charge in [0.2, 0.25) is 10.0 Å². The number of hydrazone groups is 1. The normalized spacial score (nSPS) is 16.0. The molecule has 1 N–H and O–H groups in total. The highest BCUT2D eigenvalue weighted by Gasteiger charge is 2.31. The molecule has 11 heteroatoms. The Kier molecular flexibility index (Phi) is 7.62. The number of hydrogen-bond donors (Lipinski definition) is 1.